The zero-order valence-electron chi connectivity index (χ0n) is 20.5. The summed E-state index contributed by atoms with van der Waals surface area (Å²) in [6.07, 6.45) is 1.64. The van der Waals surface area contributed by atoms with E-state index in [0.717, 1.165) is 22.3 Å². The van der Waals surface area contributed by atoms with Crippen LogP contribution in [0.15, 0.2) is 83.8 Å². The molecule has 5 rings (SSSR count). The van der Waals surface area contributed by atoms with Crippen molar-refractivity contribution < 1.29 is 9.18 Å². The Morgan fingerprint density at radius 3 is 2.43 bits per heavy atom. The molecule has 0 saturated carbocycles. The van der Waals surface area contributed by atoms with Crippen molar-refractivity contribution in [3.63, 3.8) is 0 Å². The number of aromatic nitrogens is 4. The van der Waals surface area contributed by atoms with Gasteiger partial charge in [0.25, 0.3) is 5.91 Å². The van der Waals surface area contributed by atoms with Gasteiger partial charge in [0.05, 0.1) is 12.7 Å². The van der Waals surface area contributed by atoms with Crippen molar-refractivity contribution in [2.75, 3.05) is 0 Å². The number of carbonyl (C=O) groups excluding carboxylic acids is 1. The first-order valence-corrected chi connectivity index (χ1v) is 12.1. The lowest BCUT2D eigenvalue weighted by Crippen LogP contribution is -2.23. The molecule has 0 bridgehead atoms. The third-order valence-corrected chi connectivity index (χ3v) is 6.26. The highest BCUT2D eigenvalue weighted by Crippen LogP contribution is 2.27. The van der Waals surface area contributed by atoms with Crippen molar-refractivity contribution in [1.82, 2.24) is 24.8 Å². The largest absolute Gasteiger partial charge is 0.348 e. The Labute approximate surface area is 213 Å². The monoisotopic (exact) mass is 495 g/mol. The number of hydrogen-bond donors (Lipinski definition) is 2. The van der Waals surface area contributed by atoms with Crippen molar-refractivity contribution in [3.8, 4) is 11.4 Å². The van der Waals surface area contributed by atoms with Crippen molar-refractivity contribution in [2.24, 2.45) is 0 Å². The summed E-state index contributed by atoms with van der Waals surface area (Å²) >= 11 is 0. The maximum atomic E-state index is 13.1. The Balaban J connectivity index is 1.36. The molecule has 0 unspecified atom stereocenters. The van der Waals surface area contributed by atoms with Crippen LogP contribution in [-0.2, 0) is 13.1 Å². The first-order valence-electron chi connectivity index (χ1n) is 12.1. The van der Waals surface area contributed by atoms with Crippen molar-refractivity contribution in [3.05, 3.63) is 118 Å². The number of nitrogens with one attached hydrogen (secondary N) is 2. The van der Waals surface area contributed by atoms with E-state index in [1.54, 1.807) is 35.0 Å². The summed E-state index contributed by atoms with van der Waals surface area (Å²) in [6, 6.07) is 21.1. The molecule has 186 valence electrons. The van der Waals surface area contributed by atoms with E-state index >= 15 is 0 Å². The van der Waals surface area contributed by atoms with Crippen LogP contribution in [0.4, 0.5) is 4.39 Å². The molecule has 2 aromatic heterocycles. The molecule has 8 heteroatoms. The lowest BCUT2D eigenvalue weighted by atomic mass is 9.97. The number of hydrogen-bond acceptors (Lipinski definition) is 4. The molecule has 3 aromatic carbocycles. The molecular formula is C29H26FN5O2. The van der Waals surface area contributed by atoms with Gasteiger partial charge in [-0.2, -0.15) is 0 Å². The number of rotatable bonds is 7. The standard InChI is InChI=1S/C29H26FN5O2/c1-18(2)23-5-3-4-6-24(23)26-31-16-25-27(34-26)35(29(37)33-25)17-20-7-11-21(12-8-20)28(36)32-15-19-9-13-22(30)14-10-19/h3-14,16,18H,15,17H2,1-2H3,(H,32,36)(H,33,37). The molecule has 0 saturated heterocycles. The summed E-state index contributed by atoms with van der Waals surface area (Å²) < 4.78 is 14.6. The van der Waals surface area contributed by atoms with E-state index in [0.29, 0.717) is 41.6 Å². The molecule has 2 heterocycles. The van der Waals surface area contributed by atoms with Crippen LogP contribution in [0.1, 0.15) is 46.8 Å². The summed E-state index contributed by atoms with van der Waals surface area (Å²) in [5, 5.41) is 2.83. The Morgan fingerprint density at radius 1 is 1.00 bits per heavy atom. The van der Waals surface area contributed by atoms with Crippen LogP contribution >= 0.6 is 0 Å². The Hall–Kier alpha value is -4.59. The summed E-state index contributed by atoms with van der Waals surface area (Å²) in [5.74, 6) is 0.317. The lowest BCUT2D eigenvalue weighted by molar-refractivity contribution is 0.0951. The molecule has 0 aliphatic heterocycles. The summed E-state index contributed by atoms with van der Waals surface area (Å²) in [6.45, 7) is 4.83. The number of carbonyl (C=O) groups is 1. The normalized spacial score (nSPS) is 11.2. The van der Waals surface area contributed by atoms with Gasteiger partial charge in [0.15, 0.2) is 11.5 Å². The second-order valence-corrected chi connectivity index (χ2v) is 9.20. The highest BCUT2D eigenvalue weighted by molar-refractivity contribution is 5.94. The fourth-order valence-corrected chi connectivity index (χ4v) is 4.26. The van der Waals surface area contributed by atoms with Crippen molar-refractivity contribution in [1.29, 1.82) is 0 Å². The molecule has 0 fully saturated rings. The number of H-pyrrole nitrogens is 1. The molecule has 0 aliphatic rings. The van der Waals surface area contributed by atoms with Crippen LogP contribution in [-0.4, -0.2) is 25.4 Å². The Kier molecular flexibility index (Phi) is 6.64. The second-order valence-electron chi connectivity index (χ2n) is 9.20. The maximum absolute atomic E-state index is 13.1. The number of amides is 1. The van der Waals surface area contributed by atoms with Gasteiger partial charge in [-0.05, 0) is 46.9 Å². The quantitative estimate of drug-likeness (QED) is 0.331. The van der Waals surface area contributed by atoms with E-state index in [2.05, 4.69) is 35.2 Å². The van der Waals surface area contributed by atoms with Crippen molar-refractivity contribution >= 4 is 17.1 Å². The average molecular weight is 496 g/mol. The molecule has 0 aliphatic carbocycles. The lowest BCUT2D eigenvalue weighted by Gasteiger charge is -2.11. The highest BCUT2D eigenvalue weighted by Gasteiger charge is 2.15. The minimum Gasteiger partial charge on any atom is -0.348 e. The summed E-state index contributed by atoms with van der Waals surface area (Å²) in [5.41, 5.74) is 5.03. The molecule has 37 heavy (non-hydrogen) atoms. The molecular weight excluding hydrogens is 469 g/mol. The first-order chi connectivity index (χ1) is 17.9. The average Bonchev–Trinajstić information content (AvgIpc) is 3.22. The smallest absolute Gasteiger partial charge is 0.328 e. The van der Waals surface area contributed by atoms with E-state index in [1.807, 2.05) is 30.3 Å². The van der Waals surface area contributed by atoms with Crippen LogP contribution < -0.4 is 11.0 Å². The highest BCUT2D eigenvalue weighted by atomic mass is 19.1. The Bertz CT molecular complexity index is 1620. The predicted octanol–water partition coefficient (Wildman–Crippen LogP) is 5.03. The fourth-order valence-electron chi connectivity index (χ4n) is 4.26. The van der Waals surface area contributed by atoms with Crippen LogP contribution in [0, 0.1) is 5.82 Å². The van der Waals surface area contributed by atoms with Crippen LogP contribution in [0.3, 0.4) is 0 Å². The number of nitrogens with zero attached hydrogens (tertiary/aromatic N) is 3. The van der Waals surface area contributed by atoms with Gasteiger partial charge in [-0.15, -0.1) is 0 Å². The fraction of sp³-hybridized carbons (Fsp3) is 0.172. The van der Waals surface area contributed by atoms with E-state index in [9.17, 15) is 14.0 Å². The number of fused-ring (bicyclic) bond motifs is 1. The number of aromatic amines is 1. The van der Waals surface area contributed by atoms with E-state index < -0.39 is 0 Å². The van der Waals surface area contributed by atoms with Gasteiger partial charge in [-0.1, -0.05) is 62.4 Å². The number of benzene rings is 3. The predicted molar refractivity (Wildman–Crippen MR) is 141 cm³/mol. The number of halogens is 1. The van der Waals surface area contributed by atoms with Crippen LogP contribution in [0.2, 0.25) is 0 Å². The maximum Gasteiger partial charge on any atom is 0.328 e. The van der Waals surface area contributed by atoms with Crippen LogP contribution in [0.25, 0.3) is 22.6 Å². The molecule has 7 nitrogen and oxygen atoms in total. The SMILES string of the molecule is CC(C)c1ccccc1-c1ncc2[nH]c(=O)n(Cc3ccc(C(=O)NCc4ccc(F)cc4)cc3)c2n1. The zero-order chi connectivity index (χ0) is 25.9. The van der Waals surface area contributed by atoms with Gasteiger partial charge in [-0.3, -0.25) is 9.36 Å². The van der Waals surface area contributed by atoms with Gasteiger partial charge in [0.1, 0.15) is 11.3 Å². The second kappa shape index (κ2) is 10.2. The molecule has 5 aromatic rings. The summed E-state index contributed by atoms with van der Waals surface area (Å²) in [7, 11) is 0. The van der Waals surface area contributed by atoms with Gasteiger partial charge < -0.3 is 10.3 Å². The van der Waals surface area contributed by atoms with Gasteiger partial charge in [0, 0.05) is 17.7 Å². The first kappa shape index (κ1) is 24.1. The summed E-state index contributed by atoms with van der Waals surface area (Å²) in [4.78, 5) is 37.3. The Morgan fingerprint density at radius 2 is 1.70 bits per heavy atom. The van der Waals surface area contributed by atoms with Gasteiger partial charge in [-0.25, -0.2) is 19.2 Å². The topological polar surface area (TPSA) is 92.7 Å². The van der Waals surface area contributed by atoms with E-state index in [4.69, 9.17) is 4.98 Å². The molecule has 2 N–H and O–H groups in total. The third kappa shape index (κ3) is 5.18. The minimum atomic E-state index is -0.317. The van der Waals surface area contributed by atoms with E-state index in [1.165, 1.54) is 12.1 Å². The van der Waals surface area contributed by atoms with Gasteiger partial charge in [0.2, 0.25) is 0 Å². The minimum absolute atomic E-state index is 0.235. The van der Waals surface area contributed by atoms with Crippen LogP contribution in [0.5, 0.6) is 0 Å². The molecule has 0 atom stereocenters. The van der Waals surface area contributed by atoms with Gasteiger partial charge >= 0.3 is 5.69 Å². The molecule has 0 radical (unpaired) electrons. The molecule has 1 amide bonds. The number of imidazole rings is 1. The van der Waals surface area contributed by atoms with Crippen molar-refractivity contribution in [2.45, 2.75) is 32.9 Å². The molecule has 0 spiro atoms. The zero-order valence-corrected chi connectivity index (χ0v) is 20.5. The third-order valence-electron chi connectivity index (χ3n) is 6.26. The van der Waals surface area contributed by atoms with E-state index in [-0.39, 0.29) is 17.4 Å².